The van der Waals surface area contributed by atoms with Gasteiger partial charge in [-0.25, -0.2) is 9.97 Å². The van der Waals surface area contributed by atoms with Crippen molar-refractivity contribution in [1.82, 2.24) is 14.9 Å². The molecule has 7 nitrogen and oxygen atoms in total. The van der Waals surface area contributed by atoms with Gasteiger partial charge in [-0.15, -0.1) is 0 Å². The van der Waals surface area contributed by atoms with Crippen molar-refractivity contribution in [1.29, 1.82) is 0 Å². The third kappa shape index (κ3) is 4.22. The zero-order valence-electron chi connectivity index (χ0n) is 15.2. The Labute approximate surface area is 153 Å². The van der Waals surface area contributed by atoms with E-state index in [2.05, 4.69) is 29.1 Å². The molecule has 1 aromatic heterocycles. The second kappa shape index (κ2) is 8.51. The first-order chi connectivity index (χ1) is 12.7. The number of rotatable bonds is 7. The summed E-state index contributed by atoms with van der Waals surface area (Å²) in [6, 6.07) is 5.57. The van der Waals surface area contributed by atoms with Gasteiger partial charge >= 0.3 is 0 Å². The minimum atomic E-state index is -0.0282. The van der Waals surface area contributed by atoms with Gasteiger partial charge in [0.25, 0.3) is 5.91 Å². The lowest BCUT2D eigenvalue weighted by molar-refractivity contribution is 0.0754. The van der Waals surface area contributed by atoms with Crippen molar-refractivity contribution >= 4 is 17.5 Å². The SMILES string of the molecule is CCCN(CCC)C(=O)c1cnc(Nc2ccc3c(c2)OCCO3)nc1. The van der Waals surface area contributed by atoms with Gasteiger partial charge in [-0.3, -0.25) is 4.79 Å². The molecular formula is C19H24N4O3. The molecule has 0 saturated carbocycles. The van der Waals surface area contributed by atoms with Crippen molar-refractivity contribution in [2.75, 3.05) is 31.6 Å². The number of nitrogens with one attached hydrogen (secondary N) is 1. The van der Waals surface area contributed by atoms with Crippen LogP contribution in [0.4, 0.5) is 11.6 Å². The normalized spacial score (nSPS) is 12.5. The van der Waals surface area contributed by atoms with E-state index in [-0.39, 0.29) is 5.91 Å². The van der Waals surface area contributed by atoms with E-state index < -0.39 is 0 Å². The number of benzene rings is 1. The first-order valence-electron chi connectivity index (χ1n) is 8.99. The summed E-state index contributed by atoms with van der Waals surface area (Å²) in [4.78, 5) is 22.9. The lowest BCUT2D eigenvalue weighted by Crippen LogP contribution is -2.32. The number of carbonyl (C=O) groups excluding carboxylic acids is 1. The summed E-state index contributed by atoms with van der Waals surface area (Å²) >= 11 is 0. The molecule has 0 spiro atoms. The summed E-state index contributed by atoms with van der Waals surface area (Å²) < 4.78 is 11.1. The monoisotopic (exact) mass is 356 g/mol. The molecule has 2 heterocycles. The van der Waals surface area contributed by atoms with Gasteiger partial charge in [0, 0.05) is 37.2 Å². The van der Waals surface area contributed by atoms with Crippen LogP contribution in [0, 0.1) is 0 Å². The van der Waals surface area contributed by atoms with Crippen LogP contribution in [0.3, 0.4) is 0 Å². The Hall–Kier alpha value is -2.83. The number of hydrogen-bond acceptors (Lipinski definition) is 6. The standard InChI is InChI=1S/C19H24N4O3/c1-3-7-23(8-4-2)18(24)14-12-20-19(21-13-14)22-15-5-6-16-17(11-15)26-10-9-25-16/h5-6,11-13H,3-4,7-10H2,1-2H3,(H,20,21,22). The zero-order valence-corrected chi connectivity index (χ0v) is 15.2. The van der Waals surface area contributed by atoms with E-state index in [0.717, 1.165) is 37.4 Å². The number of nitrogens with zero attached hydrogens (tertiary/aromatic N) is 3. The smallest absolute Gasteiger partial charge is 0.256 e. The molecule has 1 aliphatic rings. The topological polar surface area (TPSA) is 76.6 Å². The average Bonchev–Trinajstić information content (AvgIpc) is 2.68. The highest BCUT2D eigenvalue weighted by Crippen LogP contribution is 2.33. The summed E-state index contributed by atoms with van der Waals surface area (Å²) in [5.74, 6) is 1.83. The van der Waals surface area contributed by atoms with Crippen LogP contribution in [0.2, 0.25) is 0 Å². The number of carbonyl (C=O) groups is 1. The van der Waals surface area contributed by atoms with Crippen LogP contribution in [0.15, 0.2) is 30.6 Å². The number of ether oxygens (including phenoxy) is 2. The highest BCUT2D eigenvalue weighted by Gasteiger charge is 2.16. The van der Waals surface area contributed by atoms with E-state index in [1.165, 1.54) is 0 Å². The molecule has 0 unspecified atom stereocenters. The Balaban J connectivity index is 1.68. The summed E-state index contributed by atoms with van der Waals surface area (Å²) in [5, 5.41) is 3.12. The molecule has 1 aromatic carbocycles. The average molecular weight is 356 g/mol. The summed E-state index contributed by atoms with van der Waals surface area (Å²) in [6.45, 7) is 6.70. The van der Waals surface area contributed by atoms with Gasteiger partial charge in [-0.05, 0) is 25.0 Å². The van der Waals surface area contributed by atoms with E-state index in [9.17, 15) is 4.79 Å². The van der Waals surface area contributed by atoms with Crippen LogP contribution in [0.5, 0.6) is 11.5 Å². The minimum absolute atomic E-state index is 0.0282. The van der Waals surface area contributed by atoms with Crippen molar-refractivity contribution in [3.63, 3.8) is 0 Å². The molecule has 0 atom stereocenters. The van der Waals surface area contributed by atoms with Gasteiger partial charge < -0.3 is 19.7 Å². The maximum Gasteiger partial charge on any atom is 0.256 e. The minimum Gasteiger partial charge on any atom is -0.486 e. The van der Waals surface area contributed by atoms with Gasteiger partial charge in [-0.1, -0.05) is 13.8 Å². The van der Waals surface area contributed by atoms with Crippen molar-refractivity contribution in [2.45, 2.75) is 26.7 Å². The van der Waals surface area contributed by atoms with Gasteiger partial charge in [0.1, 0.15) is 13.2 Å². The van der Waals surface area contributed by atoms with E-state index >= 15 is 0 Å². The maximum atomic E-state index is 12.5. The molecule has 0 fully saturated rings. The van der Waals surface area contributed by atoms with Crippen molar-refractivity contribution in [3.8, 4) is 11.5 Å². The molecule has 1 N–H and O–H groups in total. The second-order valence-electron chi connectivity index (χ2n) is 6.07. The van der Waals surface area contributed by atoms with E-state index in [1.807, 2.05) is 23.1 Å². The lowest BCUT2D eigenvalue weighted by atomic mass is 10.2. The highest BCUT2D eigenvalue weighted by molar-refractivity contribution is 5.93. The first kappa shape index (κ1) is 18.0. The van der Waals surface area contributed by atoms with Gasteiger partial charge in [0.05, 0.1) is 5.56 Å². The summed E-state index contributed by atoms with van der Waals surface area (Å²) in [5.41, 5.74) is 1.30. The third-order valence-electron chi connectivity index (χ3n) is 3.97. The Morgan fingerprint density at radius 2 is 1.73 bits per heavy atom. The Kier molecular flexibility index (Phi) is 5.88. The molecular weight excluding hydrogens is 332 g/mol. The van der Waals surface area contributed by atoms with E-state index in [1.54, 1.807) is 12.4 Å². The van der Waals surface area contributed by atoms with Crippen LogP contribution in [-0.2, 0) is 0 Å². The lowest BCUT2D eigenvalue weighted by Gasteiger charge is -2.21. The van der Waals surface area contributed by atoms with Crippen LogP contribution in [0.1, 0.15) is 37.0 Å². The number of aromatic nitrogens is 2. The number of hydrogen-bond donors (Lipinski definition) is 1. The number of fused-ring (bicyclic) bond motifs is 1. The summed E-state index contributed by atoms with van der Waals surface area (Å²) in [6.07, 6.45) is 4.98. The Morgan fingerprint density at radius 1 is 1.08 bits per heavy atom. The largest absolute Gasteiger partial charge is 0.486 e. The molecule has 7 heteroatoms. The van der Waals surface area contributed by atoms with E-state index in [0.29, 0.717) is 30.5 Å². The quantitative estimate of drug-likeness (QED) is 0.821. The molecule has 2 aromatic rings. The zero-order chi connectivity index (χ0) is 18.4. The molecule has 0 radical (unpaired) electrons. The fraction of sp³-hybridized carbons (Fsp3) is 0.421. The van der Waals surface area contributed by atoms with Crippen molar-refractivity contribution in [2.24, 2.45) is 0 Å². The molecule has 0 bridgehead atoms. The van der Waals surface area contributed by atoms with Gasteiger partial charge in [-0.2, -0.15) is 0 Å². The van der Waals surface area contributed by atoms with Crippen molar-refractivity contribution in [3.05, 3.63) is 36.2 Å². The highest BCUT2D eigenvalue weighted by atomic mass is 16.6. The summed E-state index contributed by atoms with van der Waals surface area (Å²) in [7, 11) is 0. The van der Waals surface area contributed by atoms with Crippen molar-refractivity contribution < 1.29 is 14.3 Å². The van der Waals surface area contributed by atoms with Crippen LogP contribution in [-0.4, -0.2) is 47.1 Å². The molecule has 138 valence electrons. The number of amides is 1. The first-order valence-corrected chi connectivity index (χ1v) is 8.99. The maximum absolute atomic E-state index is 12.5. The molecule has 1 amide bonds. The molecule has 26 heavy (non-hydrogen) atoms. The number of anilines is 2. The fourth-order valence-electron chi connectivity index (χ4n) is 2.79. The predicted octanol–water partition coefficient (Wildman–Crippen LogP) is 3.25. The van der Waals surface area contributed by atoms with Gasteiger partial charge in [0.2, 0.25) is 5.95 Å². The molecule has 3 rings (SSSR count). The molecule has 1 aliphatic heterocycles. The fourth-order valence-corrected chi connectivity index (χ4v) is 2.79. The Bertz CT molecular complexity index is 743. The van der Waals surface area contributed by atoms with Gasteiger partial charge in [0.15, 0.2) is 11.5 Å². The Morgan fingerprint density at radius 3 is 2.38 bits per heavy atom. The predicted molar refractivity (Wildman–Crippen MR) is 99.2 cm³/mol. The van der Waals surface area contributed by atoms with Crippen LogP contribution in [0.25, 0.3) is 0 Å². The van der Waals surface area contributed by atoms with Crippen LogP contribution >= 0.6 is 0 Å². The molecule has 0 saturated heterocycles. The third-order valence-corrected chi connectivity index (χ3v) is 3.97. The second-order valence-corrected chi connectivity index (χ2v) is 6.07. The molecule has 0 aliphatic carbocycles. The van der Waals surface area contributed by atoms with E-state index in [4.69, 9.17) is 9.47 Å². The van der Waals surface area contributed by atoms with Crippen LogP contribution < -0.4 is 14.8 Å².